The summed E-state index contributed by atoms with van der Waals surface area (Å²) < 4.78 is 7.78. The van der Waals surface area contributed by atoms with Gasteiger partial charge in [0, 0.05) is 13.7 Å². The first kappa shape index (κ1) is 27.2. The summed E-state index contributed by atoms with van der Waals surface area (Å²) in [5, 5.41) is 0. The van der Waals surface area contributed by atoms with Crippen molar-refractivity contribution in [3.05, 3.63) is 49.4 Å². The van der Waals surface area contributed by atoms with Gasteiger partial charge in [-0.2, -0.15) is 0 Å². The van der Waals surface area contributed by atoms with Crippen LogP contribution in [0.25, 0.3) is 11.0 Å². The molecular formula is C22H28I3N5O2. The number of amides is 1. The van der Waals surface area contributed by atoms with Gasteiger partial charge in [-0.15, -0.1) is 24.0 Å². The van der Waals surface area contributed by atoms with E-state index in [-0.39, 0.29) is 36.1 Å². The highest BCUT2D eigenvalue weighted by atomic mass is 127. The predicted molar refractivity (Wildman–Crippen MR) is 157 cm³/mol. The van der Waals surface area contributed by atoms with Crippen molar-refractivity contribution in [2.75, 3.05) is 18.0 Å². The lowest BCUT2D eigenvalue weighted by atomic mass is 10.2. The highest BCUT2D eigenvalue weighted by Gasteiger charge is 2.34. The normalized spacial score (nSPS) is 15.7. The van der Waals surface area contributed by atoms with Crippen LogP contribution < -0.4 is 11.5 Å². The van der Waals surface area contributed by atoms with Crippen molar-refractivity contribution >= 4 is 97.7 Å². The number of benzene rings is 2. The van der Waals surface area contributed by atoms with Gasteiger partial charge in [-0.1, -0.05) is 0 Å². The minimum atomic E-state index is -0.478. The molecule has 0 bridgehead atoms. The molecule has 0 saturated carbocycles. The molecule has 1 amide bonds. The van der Waals surface area contributed by atoms with Gasteiger partial charge in [0.25, 0.3) is 0 Å². The van der Waals surface area contributed by atoms with Crippen molar-refractivity contribution in [2.24, 2.45) is 0 Å². The van der Waals surface area contributed by atoms with Gasteiger partial charge in [-0.25, -0.2) is 9.78 Å². The summed E-state index contributed by atoms with van der Waals surface area (Å²) in [6, 6.07) is 11.6. The molecule has 1 fully saturated rings. The van der Waals surface area contributed by atoms with Gasteiger partial charge in [0.2, 0.25) is 0 Å². The highest BCUT2D eigenvalue weighted by Crippen LogP contribution is 2.32. The fraction of sp³-hybridized carbons (Fsp3) is 0.364. The number of fused-ring (bicyclic) bond motifs is 1. The van der Waals surface area contributed by atoms with Gasteiger partial charge in [-0.3, -0.25) is 4.90 Å². The molecule has 0 radical (unpaired) electrons. The number of ether oxygens (including phenoxy) is 1. The molecular weight excluding hydrogens is 747 g/mol. The fourth-order valence-corrected chi connectivity index (χ4v) is 4.30. The lowest BCUT2D eigenvalue weighted by Gasteiger charge is -2.27. The fourth-order valence-electron chi connectivity index (χ4n) is 3.30. The Morgan fingerprint density at radius 3 is 2.41 bits per heavy atom. The largest absolute Gasteiger partial charge is 0.444 e. The zero-order valence-corrected chi connectivity index (χ0v) is 24.8. The van der Waals surface area contributed by atoms with Crippen LogP contribution in [0, 0.1) is 7.14 Å². The number of hydrogen-bond acceptors (Lipinski definition) is 5. The van der Waals surface area contributed by atoms with Crippen LogP contribution in [-0.4, -0.2) is 33.1 Å². The zero-order valence-electron chi connectivity index (χ0n) is 18.2. The summed E-state index contributed by atoms with van der Waals surface area (Å²) in [5.41, 5.74) is 13.7. The van der Waals surface area contributed by atoms with Crippen molar-refractivity contribution in [1.82, 2.24) is 14.9 Å². The monoisotopic (exact) mass is 775 g/mol. The molecule has 5 N–H and O–H groups in total. The third-order valence-electron chi connectivity index (χ3n) is 4.71. The molecule has 32 heavy (non-hydrogen) atoms. The molecule has 2 heterocycles. The summed E-state index contributed by atoms with van der Waals surface area (Å²) in [5.74, 6) is 0.848. The number of halogens is 3. The Bertz CT molecular complexity index is 1080. The second-order valence-electron chi connectivity index (χ2n) is 8.39. The number of rotatable bonds is 1. The van der Waals surface area contributed by atoms with Crippen molar-refractivity contribution in [1.29, 1.82) is 0 Å². The molecule has 174 valence electrons. The molecule has 4 rings (SSSR count). The molecule has 0 aliphatic carbocycles. The number of nitrogens with two attached hydrogens (primary N) is 2. The SMILES string of the molecule is CC(C)(C)OC(=O)N1CCC[C@H]1c1nc2ccc(I)cc2[nH]1.I.Nc1ccc(I)cc1N. The number of anilines is 2. The average Bonchev–Trinajstić information content (AvgIpc) is 3.30. The molecule has 1 aliphatic heterocycles. The van der Waals surface area contributed by atoms with E-state index in [1.165, 1.54) is 0 Å². The summed E-state index contributed by atoms with van der Waals surface area (Å²) in [6.07, 6.45) is 1.62. The Labute approximate surface area is 232 Å². The topological polar surface area (TPSA) is 110 Å². The average molecular weight is 775 g/mol. The van der Waals surface area contributed by atoms with Crippen LogP contribution in [0.4, 0.5) is 16.2 Å². The molecule has 10 heteroatoms. The number of hydrogen-bond donors (Lipinski definition) is 3. The Morgan fingerprint density at radius 1 is 1.12 bits per heavy atom. The van der Waals surface area contributed by atoms with Crippen LogP contribution >= 0.6 is 69.2 Å². The van der Waals surface area contributed by atoms with E-state index < -0.39 is 5.60 Å². The number of aromatic nitrogens is 2. The quantitative estimate of drug-likeness (QED) is 0.198. The lowest BCUT2D eigenvalue weighted by Crippen LogP contribution is -2.36. The molecule has 1 aliphatic rings. The molecule has 1 aromatic heterocycles. The van der Waals surface area contributed by atoms with Gasteiger partial charge in [0.1, 0.15) is 11.4 Å². The van der Waals surface area contributed by atoms with Crippen molar-refractivity contribution in [3.63, 3.8) is 0 Å². The molecule has 0 unspecified atom stereocenters. The van der Waals surface area contributed by atoms with Crippen LogP contribution in [0.15, 0.2) is 36.4 Å². The number of imidazole rings is 1. The highest BCUT2D eigenvalue weighted by molar-refractivity contribution is 14.1. The van der Waals surface area contributed by atoms with Crippen molar-refractivity contribution in [2.45, 2.75) is 45.3 Å². The number of nitrogen functional groups attached to an aromatic ring is 2. The minimum Gasteiger partial charge on any atom is -0.444 e. The zero-order chi connectivity index (χ0) is 22.8. The number of carbonyl (C=O) groups is 1. The van der Waals surface area contributed by atoms with Crippen molar-refractivity contribution in [3.8, 4) is 0 Å². The molecule has 7 nitrogen and oxygen atoms in total. The van der Waals surface area contributed by atoms with Gasteiger partial charge >= 0.3 is 6.09 Å². The maximum atomic E-state index is 12.4. The van der Waals surface area contributed by atoms with Gasteiger partial charge < -0.3 is 21.2 Å². The van der Waals surface area contributed by atoms with E-state index in [4.69, 9.17) is 16.2 Å². The van der Waals surface area contributed by atoms with Gasteiger partial charge in [0.05, 0.1) is 28.5 Å². The van der Waals surface area contributed by atoms with E-state index in [1.54, 1.807) is 11.0 Å². The number of H-pyrrole nitrogens is 1. The summed E-state index contributed by atoms with van der Waals surface area (Å²) in [4.78, 5) is 22.2. The van der Waals surface area contributed by atoms with Gasteiger partial charge in [-0.05, 0) is 115 Å². The first-order valence-electron chi connectivity index (χ1n) is 9.99. The molecule has 1 saturated heterocycles. The van der Waals surface area contributed by atoms with Crippen LogP contribution in [0.5, 0.6) is 0 Å². The standard InChI is InChI=1S/C16H20IN3O2.C6H7IN2.HI/c1-16(2,3)22-15(21)20-8-4-5-13(20)14-18-11-7-6-10(17)9-12(11)19-14;7-4-1-2-5(8)6(9)3-4;/h6-7,9,13H,4-5,8H2,1-3H3,(H,18,19);1-3H,8-9H2;1H/t13-;;/m0../s1. The summed E-state index contributed by atoms with van der Waals surface area (Å²) in [7, 11) is 0. The third-order valence-corrected chi connectivity index (χ3v) is 6.05. The smallest absolute Gasteiger partial charge is 0.410 e. The third kappa shape index (κ3) is 7.23. The Kier molecular flexibility index (Phi) is 9.70. The Morgan fingerprint density at radius 2 is 1.78 bits per heavy atom. The molecule has 3 aromatic rings. The number of carbonyl (C=O) groups excluding carboxylic acids is 1. The van der Waals surface area contributed by atoms with Crippen LogP contribution in [-0.2, 0) is 4.74 Å². The number of likely N-dealkylation sites (tertiary alicyclic amines) is 1. The number of nitrogens with zero attached hydrogens (tertiary/aromatic N) is 2. The molecule has 2 aromatic carbocycles. The summed E-state index contributed by atoms with van der Waals surface area (Å²) >= 11 is 4.47. The van der Waals surface area contributed by atoms with Crippen LogP contribution in [0.1, 0.15) is 45.5 Å². The maximum Gasteiger partial charge on any atom is 0.410 e. The Hall–Kier alpha value is -1.03. The minimum absolute atomic E-state index is 0. The predicted octanol–water partition coefficient (Wildman–Crippen LogP) is 6.31. The molecule has 1 atom stereocenters. The van der Waals surface area contributed by atoms with Gasteiger partial charge in [0.15, 0.2) is 0 Å². The van der Waals surface area contributed by atoms with Crippen molar-refractivity contribution < 1.29 is 9.53 Å². The Balaban J connectivity index is 0.000000307. The van der Waals surface area contributed by atoms with E-state index in [2.05, 4.69) is 61.2 Å². The van der Waals surface area contributed by atoms with Crippen LogP contribution in [0.3, 0.4) is 0 Å². The first-order valence-corrected chi connectivity index (χ1v) is 12.1. The van der Waals surface area contributed by atoms with E-state index in [0.717, 1.165) is 36.8 Å². The first-order chi connectivity index (χ1) is 14.5. The van der Waals surface area contributed by atoms with Crippen LogP contribution in [0.2, 0.25) is 0 Å². The molecule has 0 spiro atoms. The summed E-state index contributed by atoms with van der Waals surface area (Å²) in [6.45, 7) is 6.38. The van der Waals surface area contributed by atoms with E-state index >= 15 is 0 Å². The van der Waals surface area contributed by atoms with E-state index in [0.29, 0.717) is 17.9 Å². The maximum absolute atomic E-state index is 12.4. The second-order valence-corrected chi connectivity index (χ2v) is 10.9. The number of aromatic amines is 1. The van der Waals surface area contributed by atoms with E-state index in [1.807, 2.05) is 45.0 Å². The number of nitrogens with one attached hydrogen (secondary N) is 1. The second kappa shape index (κ2) is 11.4. The van der Waals surface area contributed by atoms with E-state index in [9.17, 15) is 4.79 Å². The lowest BCUT2D eigenvalue weighted by molar-refractivity contribution is 0.0219.